The summed E-state index contributed by atoms with van der Waals surface area (Å²) < 4.78 is 5.45. The van der Waals surface area contributed by atoms with Crippen LogP contribution in [0.4, 0.5) is 0 Å². The molecule has 120 valence electrons. The third-order valence-corrected chi connectivity index (χ3v) is 5.25. The maximum Gasteiger partial charge on any atom is 0.227 e. The molecule has 2 atom stereocenters. The van der Waals surface area contributed by atoms with Gasteiger partial charge in [-0.1, -0.05) is 31.8 Å². The molecule has 0 radical (unpaired) electrons. The van der Waals surface area contributed by atoms with Crippen molar-refractivity contribution in [3.05, 3.63) is 11.7 Å². The summed E-state index contributed by atoms with van der Waals surface area (Å²) in [6.45, 7) is 5.54. The average molecular weight is 311 g/mol. The molecule has 1 saturated carbocycles. The predicted octanol–water partition coefficient (Wildman–Crippen LogP) is 3.81. The van der Waals surface area contributed by atoms with Crippen molar-refractivity contribution in [2.75, 3.05) is 12.3 Å². The molecule has 1 heterocycles. The van der Waals surface area contributed by atoms with E-state index < -0.39 is 0 Å². The molecule has 0 aromatic carbocycles. The highest BCUT2D eigenvalue weighted by atomic mass is 32.2. The minimum Gasteiger partial charge on any atom is -0.339 e. The van der Waals surface area contributed by atoms with E-state index in [0.717, 1.165) is 36.2 Å². The summed E-state index contributed by atoms with van der Waals surface area (Å²) >= 11 is 1.88. The van der Waals surface area contributed by atoms with Gasteiger partial charge in [0.05, 0.1) is 5.75 Å². The molecular formula is C16H29N3OS. The largest absolute Gasteiger partial charge is 0.339 e. The maximum atomic E-state index is 5.45. The SMILES string of the molecule is CCCNC1CCCCC1Cc1nc(CSCCC)no1. The summed E-state index contributed by atoms with van der Waals surface area (Å²) in [4.78, 5) is 4.56. The van der Waals surface area contributed by atoms with E-state index in [2.05, 4.69) is 29.3 Å². The maximum absolute atomic E-state index is 5.45. The van der Waals surface area contributed by atoms with Gasteiger partial charge in [0.2, 0.25) is 5.89 Å². The van der Waals surface area contributed by atoms with Crippen molar-refractivity contribution in [2.45, 2.75) is 70.6 Å². The lowest BCUT2D eigenvalue weighted by Gasteiger charge is -2.31. The summed E-state index contributed by atoms with van der Waals surface area (Å²) in [5, 5.41) is 7.81. The van der Waals surface area contributed by atoms with Gasteiger partial charge in [-0.15, -0.1) is 0 Å². The van der Waals surface area contributed by atoms with Gasteiger partial charge in [-0.3, -0.25) is 0 Å². The van der Waals surface area contributed by atoms with Gasteiger partial charge in [0.1, 0.15) is 0 Å². The van der Waals surface area contributed by atoms with Gasteiger partial charge in [-0.2, -0.15) is 16.7 Å². The van der Waals surface area contributed by atoms with Gasteiger partial charge in [0.15, 0.2) is 5.82 Å². The fourth-order valence-corrected chi connectivity index (χ4v) is 3.75. The normalized spacial score (nSPS) is 22.6. The first-order chi connectivity index (χ1) is 10.3. The molecule has 0 spiro atoms. The fraction of sp³-hybridized carbons (Fsp3) is 0.875. The molecule has 1 N–H and O–H groups in total. The third-order valence-electron chi connectivity index (χ3n) is 4.09. The van der Waals surface area contributed by atoms with Crippen LogP contribution in [0.2, 0.25) is 0 Å². The first kappa shape index (κ1) is 16.8. The second-order valence-corrected chi connectivity index (χ2v) is 7.07. The molecule has 1 fully saturated rings. The van der Waals surface area contributed by atoms with E-state index in [1.54, 1.807) is 0 Å². The monoisotopic (exact) mass is 311 g/mol. The molecule has 0 aliphatic heterocycles. The van der Waals surface area contributed by atoms with E-state index in [4.69, 9.17) is 4.52 Å². The molecule has 0 saturated heterocycles. The van der Waals surface area contributed by atoms with E-state index in [0.29, 0.717) is 12.0 Å². The topological polar surface area (TPSA) is 51.0 Å². The fourth-order valence-electron chi connectivity index (χ4n) is 3.01. The number of rotatable bonds is 9. The average Bonchev–Trinajstić information content (AvgIpc) is 2.94. The van der Waals surface area contributed by atoms with E-state index in [1.165, 1.54) is 38.5 Å². The highest BCUT2D eigenvalue weighted by molar-refractivity contribution is 7.98. The van der Waals surface area contributed by atoms with Crippen LogP contribution in [0.15, 0.2) is 4.52 Å². The summed E-state index contributed by atoms with van der Waals surface area (Å²) in [6.07, 6.45) is 8.59. The minimum atomic E-state index is 0.628. The lowest BCUT2D eigenvalue weighted by molar-refractivity contribution is 0.240. The quantitative estimate of drug-likeness (QED) is 0.703. The second kappa shape index (κ2) is 9.46. The van der Waals surface area contributed by atoms with Gasteiger partial charge in [0, 0.05) is 12.5 Å². The molecule has 1 aromatic rings. The summed E-state index contributed by atoms with van der Waals surface area (Å²) in [5.41, 5.74) is 0. The van der Waals surface area contributed by atoms with Crippen molar-refractivity contribution in [1.82, 2.24) is 15.5 Å². The van der Waals surface area contributed by atoms with E-state index >= 15 is 0 Å². The van der Waals surface area contributed by atoms with Crippen LogP contribution in [0.5, 0.6) is 0 Å². The lowest BCUT2D eigenvalue weighted by Crippen LogP contribution is -2.39. The molecule has 4 nitrogen and oxygen atoms in total. The summed E-state index contributed by atoms with van der Waals surface area (Å²) in [6, 6.07) is 0.628. The van der Waals surface area contributed by atoms with Gasteiger partial charge in [-0.25, -0.2) is 0 Å². The lowest BCUT2D eigenvalue weighted by atomic mass is 9.82. The van der Waals surface area contributed by atoms with Crippen LogP contribution in [0.3, 0.4) is 0 Å². The zero-order valence-corrected chi connectivity index (χ0v) is 14.3. The van der Waals surface area contributed by atoms with Gasteiger partial charge in [-0.05, 0) is 43.9 Å². The van der Waals surface area contributed by atoms with Crippen molar-refractivity contribution >= 4 is 11.8 Å². The Morgan fingerprint density at radius 1 is 1.24 bits per heavy atom. The molecule has 0 amide bonds. The van der Waals surface area contributed by atoms with Crippen LogP contribution in [-0.2, 0) is 12.2 Å². The number of nitrogens with zero attached hydrogens (tertiary/aromatic N) is 2. The second-order valence-electron chi connectivity index (χ2n) is 5.97. The Labute approximate surface area is 132 Å². The molecule has 1 aromatic heterocycles. The van der Waals surface area contributed by atoms with Crippen LogP contribution in [-0.4, -0.2) is 28.5 Å². The van der Waals surface area contributed by atoms with Crippen molar-refractivity contribution in [3.63, 3.8) is 0 Å². The highest BCUT2D eigenvalue weighted by Gasteiger charge is 2.26. The van der Waals surface area contributed by atoms with Crippen LogP contribution in [0.25, 0.3) is 0 Å². The molecule has 2 rings (SSSR count). The molecule has 5 heteroatoms. The first-order valence-corrected chi connectivity index (χ1v) is 9.61. The Hall–Kier alpha value is -0.550. The minimum absolute atomic E-state index is 0.628. The van der Waals surface area contributed by atoms with Crippen molar-refractivity contribution in [2.24, 2.45) is 5.92 Å². The Balaban J connectivity index is 1.83. The van der Waals surface area contributed by atoms with Crippen molar-refractivity contribution < 1.29 is 4.52 Å². The zero-order valence-electron chi connectivity index (χ0n) is 13.4. The summed E-state index contributed by atoms with van der Waals surface area (Å²) in [7, 11) is 0. The van der Waals surface area contributed by atoms with E-state index in [9.17, 15) is 0 Å². The molecule has 1 aliphatic rings. The van der Waals surface area contributed by atoms with E-state index in [-0.39, 0.29) is 0 Å². The van der Waals surface area contributed by atoms with Crippen LogP contribution >= 0.6 is 11.8 Å². The Morgan fingerprint density at radius 2 is 2.10 bits per heavy atom. The summed E-state index contributed by atoms with van der Waals surface area (Å²) in [5.74, 6) is 4.38. The zero-order chi connectivity index (χ0) is 14.9. The first-order valence-electron chi connectivity index (χ1n) is 8.46. The number of hydrogen-bond acceptors (Lipinski definition) is 5. The smallest absolute Gasteiger partial charge is 0.227 e. The third kappa shape index (κ3) is 5.62. The standard InChI is InChI=1S/C16H29N3OS/c1-3-9-17-14-8-6-5-7-13(14)11-16-18-15(19-20-16)12-21-10-4-2/h13-14,17H,3-12H2,1-2H3. The number of thioether (sulfide) groups is 1. The number of hydrogen-bond donors (Lipinski definition) is 1. The molecule has 1 aliphatic carbocycles. The van der Waals surface area contributed by atoms with Crippen LogP contribution < -0.4 is 5.32 Å². The highest BCUT2D eigenvalue weighted by Crippen LogP contribution is 2.27. The molecule has 2 unspecified atom stereocenters. The molecular weight excluding hydrogens is 282 g/mol. The number of nitrogens with one attached hydrogen (secondary N) is 1. The van der Waals surface area contributed by atoms with Crippen LogP contribution in [0, 0.1) is 5.92 Å². The van der Waals surface area contributed by atoms with E-state index in [1.807, 2.05) is 11.8 Å². The van der Waals surface area contributed by atoms with Gasteiger partial charge >= 0.3 is 0 Å². The Bertz CT molecular complexity index is 397. The Morgan fingerprint density at radius 3 is 2.90 bits per heavy atom. The number of aromatic nitrogens is 2. The van der Waals surface area contributed by atoms with Gasteiger partial charge in [0.25, 0.3) is 0 Å². The van der Waals surface area contributed by atoms with Crippen molar-refractivity contribution in [1.29, 1.82) is 0 Å². The molecule has 21 heavy (non-hydrogen) atoms. The Kier molecular flexibility index (Phi) is 7.58. The van der Waals surface area contributed by atoms with Crippen molar-refractivity contribution in [3.8, 4) is 0 Å². The molecule has 0 bridgehead atoms. The predicted molar refractivity (Wildman–Crippen MR) is 88.5 cm³/mol. The van der Waals surface area contributed by atoms with Gasteiger partial charge < -0.3 is 9.84 Å². The van der Waals surface area contributed by atoms with Crippen LogP contribution in [0.1, 0.15) is 64.1 Å².